The second-order valence-electron chi connectivity index (χ2n) is 9.26. The lowest BCUT2D eigenvalue weighted by Crippen LogP contribution is -2.66. The fourth-order valence-corrected chi connectivity index (χ4v) is 7.01. The second-order valence-corrected chi connectivity index (χ2v) is 9.26. The van der Waals surface area contributed by atoms with Crippen molar-refractivity contribution in [2.75, 3.05) is 0 Å². The molecule has 3 heteroatoms. The molecule has 0 heterocycles. The van der Waals surface area contributed by atoms with Crippen LogP contribution in [0, 0.1) is 28.6 Å². The van der Waals surface area contributed by atoms with Gasteiger partial charge >= 0.3 is 0 Å². The van der Waals surface area contributed by atoms with Crippen molar-refractivity contribution in [1.82, 2.24) is 0 Å². The summed E-state index contributed by atoms with van der Waals surface area (Å²) in [7, 11) is 0. The van der Waals surface area contributed by atoms with Crippen LogP contribution in [-0.4, -0.2) is 27.7 Å². The van der Waals surface area contributed by atoms with Crippen molar-refractivity contribution in [2.45, 2.75) is 83.3 Å². The Balaban J connectivity index is 1.73. The van der Waals surface area contributed by atoms with Crippen LogP contribution in [0.25, 0.3) is 0 Å². The zero-order valence-electron chi connectivity index (χ0n) is 14.0. The summed E-state index contributed by atoms with van der Waals surface area (Å²) in [6.45, 7) is 4.57. The van der Waals surface area contributed by atoms with Crippen LogP contribution in [0.15, 0.2) is 0 Å². The molecule has 0 radical (unpaired) electrons. The number of hydrogen-bond donors (Lipinski definition) is 2. The summed E-state index contributed by atoms with van der Waals surface area (Å²) in [5.41, 5.74) is -1.17. The summed E-state index contributed by atoms with van der Waals surface area (Å²) in [5, 5.41) is 21.2. The molecule has 124 valence electrons. The molecule has 3 nitrogen and oxygen atoms in total. The molecule has 0 spiro atoms. The lowest BCUT2D eigenvalue weighted by atomic mass is 9.43. The van der Waals surface area contributed by atoms with E-state index in [2.05, 4.69) is 13.8 Å². The molecular weight excluding hydrogens is 276 g/mol. The molecule has 0 aliphatic heterocycles. The minimum atomic E-state index is -1.28. The topological polar surface area (TPSA) is 57.5 Å². The summed E-state index contributed by atoms with van der Waals surface area (Å²) in [4.78, 5) is 12.9. The van der Waals surface area contributed by atoms with Crippen LogP contribution in [0.2, 0.25) is 0 Å². The summed E-state index contributed by atoms with van der Waals surface area (Å²) < 4.78 is 0. The van der Waals surface area contributed by atoms with E-state index in [1.165, 1.54) is 25.7 Å². The average molecular weight is 306 g/mol. The Kier molecular flexibility index (Phi) is 3.14. The van der Waals surface area contributed by atoms with E-state index in [9.17, 15) is 15.0 Å². The molecule has 0 aromatic heterocycles. The second kappa shape index (κ2) is 4.57. The van der Waals surface area contributed by atoms with Gasteiger partial charge in [0.2, 0.25) is 0 Å². The van der Waals surface area contributed by atoms with Crippen LogP contribution < -0.4 is 0 Å². The number of ketones is 1. The van der Waals surface area contributed by atoms with Gasteiger partial charge < -0.3 is 10.2 Å². The normalized spacial score (nSPS) is 57.9. The molecule has 4 fully saturated rings. The quantitative estimate of drug-likeness (QED) is 0.723. The molecular formula is C19H30O3. The molecule has 0 aromatic rings. The van der Waals surface area contributed by atoms with E-state index in [1.54, 1.807) is 0 Å². The summed E-state index contributed by atoms with van der Waals surface area (Å²) in [6, 6.07) is 0. The molecule has 4 rings (SSSR count). The summed E-state index contributed by atoms with van der Waals surface area (Å²) in [6.07, 6.45) is 8.10. The van der Waals surface area contributed by atoms with Crippen LogP contribution in [0.5, 0.6) is 0 Å². The van der Waals surface area contributed by atoms with Gasteiger partial charge in [-0.3, -0.25) is 4.79 Å². The number of aliphatic hydroxyl groups is 2. The predicted octanol–water partition coefficient (Wildman–Crippen LogP) is 3.07. The predicted molar refractivity (Wildman–Crippen MR) is 84.2 cm³/mol. The van der Waals surface area contributed by atoms with Crippen LogP contribution in [0.3, 0.4) is 0 Å². The van der Waals surface area contributed by atoms with Crippen molar-refractivity contribution in [1.29, 1.82) is 0 Å². The summed E-state index contributed by atoms with van der Waals surface area (Å²) >= 11 is 0. The van der Waals surface area contributed by atoms with Crippen molar-refractivity contribution in [3.05, 3.63) is 0 Å². The number of rotatable bonds is 0. The van der Waals surface area contributed by atoms with E-state index in [0.717, 1.165) is 19.3 Å². The van der Waals surface area contributed by atoms with Gasteiger partial charge in [0, 0.05) is 18.3 Å². The van der Waals surface area contributed by atoms with Gasteiger partial charge in [-0.2, -0.15) is 0 Å². The van der Waals surface area contributed by atoms with Gasteiger partial charge in [-0.05, 0) is 61.7 Å². The van der Waals surface area contributed by atoms with Crippen molar-refractivity contribution in [2.24, 2.45) is 28.6 Å². The highest BCUT2D eigenvalue weighted by molar-refractivity contribution is 5.89. The number of fused-ring (bicyclic) bond motifs is 5. The van der Waals surface area contributed by atoms with Gasteiger partial charge in [-0.15, -0.1) is 0 Å². The Labute approximate surface area is 133 Å². The highest BCUT2D eigenvalue weighted by atomic mass is 16.3. The lowest BCUT2D eigenvalue weighted by Gasteiger charge is -2.62. The molecule has 0 saturated heterocycles. The van der Waals surface area contributed by atoms with Crippen LogP contribution in [0.1, 0.15) is 71.6 Å². The number of carbonyl (C=O) groups is 1. The number of carbonyl (C=O) groups excluding carboxylic acids is 1. The fourth-order valence-electron chi connectivity index (χ4n) is 7.01. The van der Waals surface area contributed by atoms with Gasteiger partial charge in [-0.1, -0.05) is 20.3 Å². The highest BCUT2D eigenvalue weighted by Gasteiger charge is 2.66. The van der Waals surface area contributed by atoms with Crippen molar-refractivity contribution in [3.63, 3.8) is 0 Å². The molecule has 4 aliphatic rings. The SMILES string of the molecule is C[C@@]12CCC[C@H]1[C@H]1CC(=O)[C@@]3(O)C[C@@H](O)CC[C@]3(C)[C@@H]1CC2. The largest absolute Gasteiger partial charge is 0.393 e. The third-order valence-corrected chi connectivity index (χ3v) is 8.39. The monoisotopic (exact) mass is 306 g/mol. The Morgan fingerprint density at radius 1 is 1.05 bits per heavy atom. The number of hydrogen-bond acceptors (Lipinski definition) is 3. The van der Waals surface area contributed by atoms with E-state index in [-0.39, 0.29) is 17.6 Å². The molecule has 22 heavy (non-hydrogen) atoms. The van der Waals surface area contributed by atoms with Crippen molar-refractivity contribution < 1.29 is 15.0 Å². The lowest BCUT2D eigenvalue weighted by molar-refractivity contribution is -0.211. The molecule has 2 N–H and O–H groups in total. The molecule has 4 saturated carbocycles. The molecule has 0 aromatic carbocycles. The standard InChI is InChI=1S/C19H30O3/c1-17-7-3-4-14(17)13-10-16(21)19(22)11-12(20)5-9-18(19,2)15(13)6-8-17/h12-15,20,22H,3-11H2,1-2H3/t12-,13+,14-,15+,17-,18+,19-/m0/s1. The molecule has 0 unspecified atom stereocenters. The van der Waals surface area contributed by atoms with E-state index >= 15 is 0 Å². The van der Waals surface area contributed by atoms with E-state index < -0.39 is 11.7 Å². The number of aliphatic hydroxyl groups excluding tert-OH is 1. The zero-order valence-corrected chi connectivity index (χ0v) is 14.0. The molecule has 7 atom stereocenters. The van der Waals surface area contributed by atoms with Crippen LogP contribution in [0.4, 0.5) is 0 Å². The first kappa shape index (κ1) is 15.1. The van der Waals surface area contributed by atoms with Gasteiger partial charge in [0.25, 0.3) is 0 Å². The molecule has 0 amide bonds. The first-order valence-electron chi connectivity index (χ1n) is 9.24. The third-order valence-electron chi connectivity index (χ3n) is 8.39. The van der Waals surface area contributed by atoms with E-state index in [0.29, 0.717) is 29.6 Å². The Hall–Kier alpha value is -0.410. The van der Waals surface area contributed by atoms with Crippen molar-refractivity contribution in [3.8, 4) is 0 Å². The van der Waals surface area contributed by atoms with E-state index in [1.807, 2.05) is 0 Å². The zero-order chi connectivity index (χ0) is 15.8. The first-order chi connectivity index (χ1) is 10.3. The minimum Gasteiger partial charge on any atom is -0.393 e. The van der Waals surface area contributed by atoms with E-state index in [4.69, 9.17) is 0 Å². The molecule has 0 bridgehead atoms. The smallest absolute Gasteiger partial charge is 0.165 e. The van der Waals surface area contributed by atoms with Gasteiger partial charge in [0.1, 0.15) is 5.60 Å². The highest BCUT2D eigenvalue weighted by Crippen LogP contribution is 2.66. The van der Waals surface area contributed by atoms with Crippen LogP contribution >= 0.6 is 0 Å². The Morgan fingerprint density at radius 3 is 2.59 bits per heavy atom. The van der Waals surface area contributed by atoms with Crippen LogP contribution in [-0.2, 0) is 4.79 Å². The third kappa shape index (κ3) is 1.73. The fraction of sp³-hybridized carbons (Fsp3) is 0.947. The number of Topliss-reactive ketones (excluding diaryl/α,β-unsaturated/α-hetero) is 1. The molecule has 4 aliphatic carbocycles. The first-order valence-corrected chi connectivity index (χ1v) is 9.24. The van der Waals surface area contributed by atoms with Crippen molar-refractivity contribution >= 4 is 5.78 Å². The van der Waals surface area contributed by atoms with Gasteiger partial charge in [-0.25, -0.2) is 0 Å². The van der Waals surface area contributed by atoms with Gasteiger partial charge in [0.05, 0.1) is 6.10 Å². The summed E-state index contributed by atoms with van der Waals surface area (Å²) in [5.74, 6) is 1.61. The minimum absolute atomic E-state index is 0.0196. The van der Waals surface area contributed by atoms with Gasteiger partial charge in [0.15, 0.2) is 5.78 Å². The Bertz CT molecular complexity index is 503. The Morgan fingerprint density at radius 2 is 1.82 bits per heavy atom. The average Bonchev–Trinajstić information content (AvgIpc) is 2.84. The maximum Gasteiger partial charge on any atom is 0.165 e. The maximum atomic E-state index is 12.9. The maximum absolute atomic E-state index is 12.9.